The third-order valence-electron chi connectivity index (χ3n) is 11.1. The van der Waals surface area contributed by atoms with Crippen LogP contribution in [0.25, 0.3) is 32.0 Å². The van der Waals surface area contributed by atoms with Gasteiger partial charge in [0.2, 0.25) is 5.91 Å². The van der Waals surface area contributed by atoms with Gasteiger partial charge in [-0.1, -0.05) is 20.8 Å². The number of fused-ring (bicyclic) bond motifs is 8. The number of methoxy groups -OCH3 is 1. The van der Waals surface area contributed by atoms with Gasteiger partial charge in [-0.15, -0.1) is 22.7 Å². The van der Waals surface area contributed by atoms with E-state index in [1.165, 1.54) is 16.9 Å². The van der Waals surface area contributed by atoms with E-state index in [1.807, 2.05) is 19.2 Å². The van der Waals surface area contributed by atoms with Crippen LogP contribution in [-0.4, -0.2) is 69.7 Å². The monoisotopic (exact) mass is 730 g/mol. The normalized spacial score (nSPS) is 27.8. The van der Waals surface area contributed by atoms with Gasteiger partial charge < -0.3 is 19.4 Å². The standard InChI is InChI=1S/C38H46N6O5S2/c1-7-43-33(22-9-8-10-39-31(22)20(3)48-6)26-15-38(4,5)18-49-37(47)32-24-12-21(24)16-44(42-32)35(46)27(41-34(45)23-11-19(23)2)14-30-40-28(17-50-30)29-13-25(26)36(43)51-29/h8-10,13,17,19-21,23-24,27,32,42H,7,11-12,14-16,18H2,1-6H3,(H,41,45). The minimum Gasteiger partial charge on any atom is -0.464 e. The summed E-state index contributed by atoms with van der Waals surface area (Å²) in [5.74, 6) is -0.107. The van der Waals surface area contributed by atoms with Crippen LogP contribution in [0.2, 0.25) is 0 Å². The van der Waals surface area contributed by atoms with Crippen molar-refractivity contribution in [3.05, 3.63) is 46.0 Å². The Hall–Kier alpha value is -3.65. The first-order chi connectivity index (χ1) is 24.5. The van der Waals surface area contributed by atoms with Crippen LogP contribution in [0.15, 0.2) is 29.8 Å². The second-order valence-corrected chi connectivity index (χ2v) is 17.6. The van der Waals surface area contributed by atoms with E-state index in [2.05, 4.69) is 60.5 Å². The second kappa shape index (κ2) is 13.1. The molecule has 2 amide bonds. The molecule has 2 aliphatic carbocycles. The summed E-state index contributed by atoms with van der Waals surface area (Å²) in [6, 6.07) is 4.91. The van der Waals surface area contributed by atoms with Crippen LogP contribution < -0.4 is 10.7 Å². The van der Waals surface area contributed by atoms with Crippen molar-refractivity contribution in [3.8, 4) is 21.8 Å². The van der Waals surface area contributed by atoms with Gasteiger partial charge in [-0.05, 0) is 74.6 Å². The average Bonchev–Trinajstić information content (AvgIpc) is 3.91. The molecule has 1 saturated heterocycles. The number of amides is 2. The number of carbonyl (C=O) groups excluding carboxylic acids is 3. The molecule has 2 N–H and O–H groups in total. The van der Waals surface area contributed by atoms with E-state index in [9.17, 15) is 14.4 Å². The van der Waals surface area contributed by atoms with Gasteiger partial charge in [0, 0.05) is 60.5 Å². The zero-order chi connectivity index (χ0) is 35.8. The van der Waals surface area contributed by atoms with Crippen molar-refractivity contribution in [2.75, 3.05) is 20.3 Å². The largest absolute Gasteiger partial charge is 0.464 e. The first-order valence-electron chi connectivity index (χ1n) is 18.1. The van der Waals surface area contributed by atoms with Gasteiger partial charge in [0.05, 0.1) is 39.7 Å². The Labute approximate surface area is 306 Å². The van der Waals surface area contributed by atoms with Gasteiger partial charge in [-0.25, -0.2) is 10.4 Å². The molecule has 4 aliphatic rings. The van der Waals surface area contributed by atoms with Crippen LogP contribution in [0.5, 0.6) is 0 Å². The van der Waals surface area contributed by atoms with Gasteiger partial charge in [0.25, 0.3) is 5.91 Å². The number of hydrogen-bond donors (Lipinski definition) is 2. The summed E-state index contributed by atoms with van der Waals surface area (Å²) in [6.07, 6.45) is 4.22. The van der Waals surface area contributed by atoms with E-state index >= 15 is 0 Å². The first kappa shape index (κ1) is 34.4. The molecule has 0 radical (unpaired) electrons. The Bertz CT molecular complexity index is 2020. The smallest absolute Gasteiger partial charge is 0.325 e. The highest BCUT2D eigenvalue weighted by Crippen LogP contribution is 2.47. The fourth-order valence-corrected chi connectivity index (χ4v) is 10.0. The van der Waals surface area contributed by atoms with Crippen molar-refractivity contribution >= 4 is 50.7 Å². The van der Waals surface area contributed by atoms with Crippen LogP contribution in [0, 0.1) is 29.1 Å². The highest BCUT2D eigenvalue weighted by Gasteiger charge is 2.53. The summed E-state index contributed by atoms with van der Waals surface area (Å²) in [7, 11) is 1.70. The van der Waals surface area contributed by atoms with Crippen LogP contribution in [0.1, 0.15) is 69.8 Å². The predicted octanol–water partition coefficient (Wildman–Crippen LogP) is 5.78. The summed E-state index contributed by atoms with van der Waals surface area (Å²) < 4.78 is 14.3. The lowest BCUT2D eigenvalue weighted by Gasteiger charge is -2.35. The molecule has 7 atom stereocenters. The highest BCUT2D eigenvalue weighted by atomic mass is 32.1. The topological polar surface area (TPSA) is 128 Å². The quantitative estimate of drug-likeness (QED) is 0.239. The maximum atomic E-state index is 14.1. The molecule has 6 bridgehead atoms. The Morgan fingerprint density at radius 1 is 1.27 bits per heavy atom. The molecule has 8 rings (SSSR count). The molecule has 3 fully saturated rings. The summed E-state index contributed by atoms with van der Waals surface area (Å²) in [4.78, 5) is 53.1. The zero-order valence-corrected chi connectivity index (χ0v) is 31.7. The Kier molecular flexibility index (Phi) is 8.84. The van der Waals surface area contributed by atoms with Gasteiger partial charge in [-0.3, -0.25) is 24.4 Å². The Morgan fingerprint density at radius 3 is 2.82 bits per heavy atom. The van der Waals surface area contributed by atoms with E-state index in [0.717, 1.165) is 62.1 Å². The van der Waals surface area contributed by atoms with E-state index in [-0.39, 0.29) is 54.7 Å². The minimum atomic E-state index is -0.800. The van der Waals surface area contributed by atoms with Crippen LogP contribution in [0.4, 0.5) is 0 Å². The number of esters is 1. The SMILES string of the molecule is CCn1c(-c2cccnc2C(C)OC)c2c3cc(sc31)-c1csc(n1)CC(NC(=O)C1CC1C)C(=O)N1CC3CC3C(N1)C(=O)OCC(C)(C)C2. The van der Waals surface area contributed by atoms with Crippen molar-refractivity contribution in [1.82, 2.24) is 30.3 Å². The average molecular weight is 731 g/mol. The van der Waals surface area contributed by atoms with Crippen LogP contribution >= 0.6 is 22.7 Å². The van der Waals surface area contributed by atoms with E-state index in [1.54, 1.807) is 23.5 Å². The summed E-state index contributed by atoms with van der Waals surface area (Å²) in [5, 5.41) is 8.59. The number of thiazole rings is 1. The molecular weight excluding hydrogens is 685 g/mol. The molecule has 270 valence electrons. The Morgan fingerprint density at radius 2 is 2.08 bits per heavy atom. The molecule has 4 aromatic heterocycles. The number of rotatable bonds is 6. The second-order valence-electron chi connectivity index (χ2n) is 15.6. The number of hydrogen-bond acceptors (Lipinski definition) is 10. The predicted molar refractivity (Wildman–Crippen MR) is 197 cm³/mol. The third-order valence-corrected chi connectivity index (χ3v) is 13.2. The maximum Gasteiger partial charge on any atom is 0.325 e. The maximum absolute atomic E-state index is 14.1. The molecule has 11 nitrogen and oxygen atoms in total. The molecule has 7 unspecified atom stereocenters. The lowest BCUT2D eigenvalue weighted by atomic mass is 9.84. The fraction of sp³-hybridized carbons (Fsp3) is 0.553. The molecule has 4 aromatic rings. The van der Waals surface area contributed by atoms with E-state index in [0.29, 0.717) is 18.9 Å². The molecule has 0 spiro atoms. The van der Waals surface area contributed by atoms with Crippen molar-refractivity contribution in [2.24, 2.45) is 29.1 Å². The molecular formula is C38H46N6O5S2. The number of hydrazine groups is 1. The molecule has 2 saturated carbocycles. The lowest BCUT2D eigenvalue weighted by molar-refractivity contribution is -0.156. The van der Waals surface area contributed by atoms with Crippen molar-refractivity contribution in [2.45, 2.75) is 85.0 Å². The number of ether oxygens (including phenoxy) is 2. The third kappa shape index (κ3) is 6.40. The number of nitrogens with zero attached hydrogens (tertiary/aromatic N) is 4. The van der Waals surface area contributed by atoms with Gasteiger partial charge in [-0.2, -0.15) is 0 Å². The van der Waals surface area contributed by atoms with Crippen LogP contribution in [0.3, 0.4) is 0 Å². The van der Waals surface area contributed by atoms with Gasteiger partial charge >= 0.3 is 5.97 Å². The lowest BCUT2D eigenvalue weighted by Crippen LogP contribution is -2.61. The summed E-state index contributed by atoms with van der Waals surface area (Å²) in [6.45, 7) is 12.0. The number of pyridine rings is 1. The zero-order valence-electron chi connectivity index (χ0n) is 30.0. The van der Waals surface area contributed by atoms with Crippen molar-refractivity contribution in [1.29, 1.82) is 0 Å². The number of cyclic esters (lactones) is 1. The van der Waals surface area contributed by atoms with Crippen molar-refractivity contribution in [3.63, 3.8) is 0 Å². The summed E-state index contributed by atoms with van der Waals surface area (Å²) in [5.41, 5.74) is 7.87. The van der Waals surface area contributed by atoms with Gasteiger partial charge in [0.1, 0.15) is 16.9 Å². The number of thiophene rings is 1. The molecule has 0 aromatic carbocycles. The van der Waals surface area contributed by atoms with E-state index < -0.39 is 17.5 Å². The fourth-order valence-electron chi connectivity index (χ4n) is 7.91. The summed E-state index contributed by atoms with van der Waals surface area (Å²) >= 11 is 3.21. The Balaban J connectivity index is 1.24. The number of aryl methyl sites for hydroxylation is 1. The molecule has 6 heterocycles. The number of aromatic nitrogens is 3. The van der Waals surface area contributed by atoms with E-state index in [4.69, 9.17) is 19.4 Å². The highest BCUT2D eigenvalue weighted by molar-refractivity contribution is 7.22. The minimum absolute atomic E-state index is 0.0754. The molecule has 2 aliphatic heterocycles. The van der Waals surface area contributed by atoms with Crippen LogP contribution in [-0.2, 0) is 43.2 Å². The van der Waals surface area contributed by atoms with Crippen molar-refractivity contribution < 1.29 is 23.9 Å². The molecule has 51 heavy (non-hydrogen) atoms. The van der Waals surface area contributed by atoms with Gasteiger partial charge in [0.15, 0.2) is 0 Å². The first-order valence-corrected chi connectivity index (χ1v) is 19.8. The number of carbonyl (C=O) groups is 3. The number of nitrogens with one attached hydrogen (secondary N) is 2. The molecule has 13 heteroatoms.